The van der Waals surface area contributed by atoms with Crippen molar-refractivity contribution in [3.05, 3.63) is 72.8 Å². The molecule has 12 nitrogen and oxygen atoms in total. The largest absolute Gasteiger partial charge is 0.388 e. The van der Waals surface area contributed by atoms with E-state index in [1.807, 2.05) is 54.6 Å². The highest BCUT2D eigenvalue weighted by molar-refractivity contribution is 6.01. The Morgan fingerprint density at radius 3 is 2.46 bits per heavy atom. The van der Waals surface area contributed by atoms with Crippen molar-refractivity contribution >= 4 is 28.9 Å². The minimum Gasteiger partial charge on any atom is -0.388 e. The van der Waals surface area contributed by atoms with Gasteiger partial charge in [0.25, 0.3) is 0 Å². The van der Waals surface area contributed by atoms with Gasteiger partial charge in [0.1, 0.15) is 30.6 Å². The van der Waals surface area contributed by atoms with E-state index in [9.17, 15) is 19.8 Å². The summed E-state index contributed by atoms with van der Waals surface area (Å²) in [5.74, 6) is -0.135. The van der Waals surface area contributed by atoms with Crippen LogP contribution < -0.4 is 5.73 Å². The third kappa shape index (κ3) is 4.58. The molecular weight excluding hydrogens is 502 g/mol. The summed E-state index contributed by atoms with van der Waals surface area (Å²) in [6.07, 6.45) is -1.46. The van der Waals surface area contributed by atoms with Crippen LogP contribution in [0.15, 0.2) is 67.3 Å². The van der Waals surface area contributed by atoms with Crippen molar-refractivity contribution in [2.75, 3.05) is 18.8 Å². The summed E-state index contributed by atoms with van der Waals surface area (Å²) < 4.78 is 7.42. The van der Waals surface area contributed by atoms with E-state index in [0.29, 0.717) is 17.7 Å². The van der Waals surface area contributed by atoms with Gasteiger partial charge < -0.3 is 25.6 Å². The molecule has 0 aliphatic carbocycles. The molecule has 0 unspecified atom stereocenters. The van der Waals surface area contributed by atoms with Gasteiger partial charge in [-0.05, 0) is 23.1 Å². The molecule has 12 heteroatoms. The van der Waals surface area contributed by atoms with Crippen LogP contribution in [0.25, 0.3) is 22.3 Å². The fourth-order valence-electron chi connectivity index (χ4n) is 5.10. The van der Waals surface area contributed by atoms with E-state index >= 15 is 0 Å². The SMILES string of the molecule is Nc1ncnc2c1ncn2[C@@H]1O[C@H](CCN2C(=O)CN(Cc3ccc(-c4ccccc4)cc3)C2=O)[C@@H](O)[C@H]1O. The standard InChI is InChI=1S/C27H27N7O5/c28-24-21-25(30-14-29-24)34(15-31-21)26-23(37)22(36)19(39-26)10-11-33-20(35)13-32(27(33)38)12-16-6-8-18(9-7-16)17-4-2-1-3-5-17/h1-9,14-15,19,22-23,26,36-37H,10-13H2,(H2,28,29,30)/t19-,22-,23-,26-/m1/s1. The number of ether oxygens (including phenoxy) is 1. The van der Waals surface area contributed by atoms with Crippen LogP contribution in [0.2, 0.25) is 0 Å². The summed E-state index contributed by atoms with van der Waals surface area (Å²) in [5, 5.41) is 21.3. The average molecular weight is 530 g/mol. The molecule has 0 saturated carbocycles. The number of hydrogen-bond donors (Lipinski definition) is 3. The summed E-state index contributed by atoms with van der Waals surface area (Å²) in [6.45, 7) is 0.320. The Hall–Kier alpha value is -4.39. The number of imidazole rings is 1. The minimum absolute atomic E-state index is 0.0270. The minimum atomic E-state index is -1.27. The number of aromatic nitrogens is 4. The molecule has 200 valence electrons. The Labute approximate surface area is 223 Å². The van der Waals surface area contributed by atoms with Crippen LogP contribution in [0.5, 0.6) is 0 Å². The number of carbonyl (C=O) groups excluding carboxylic acids is 2. The Bertz CT molecular complexity index is 1510. The highest BCUT2D eigenvalue weighted by Gasteiger charge is 2.45. The van der Waals surface area contributed by atoms with Gasteiger partial charge in [-0.3, -0.25) is 14.3 Å². The fourth-order valence-corrected chi connectivity index (χ4v) is 5.10. The lowest BCUT2D eigenvalue weighted by Gasteiger charge is -2.20. The first-order valence-electron chi connectivity index (χ1n) is 12.6. The van der Waals surface area contributed by atoms with Crippen LogP contribution >= 0.6 is 0 Å². The molecule has 0 bridgehead atoms. The third-order valence-electron chi connectivity index (χ3n) is 7.20. The molecule has 6 rings (SSSR count). The highest BCUT2D eigenvalue weighted by Crippen LogP contribution is 2.33. The Morgan fingerprint density at radius 2 is 1.69 bits per heavy atom. The molecule has 4 atom stereocenters. The number of anilines is 1. The van der Waals surface area contributed by atoms with E-state index in [4.69, 9.17) is 10.5 Å². The van der Waals surface area contributed by atoms with E-state index < -0.39 is 30.6 Å². The zero-order valence-electron chi connectivity index (χ0n) is 20.9. The number of amides is 3. The normalized spacial score (nSPS) is 23.3. The topological polar surface area (TPSA) is 160 Å². The van der Waals surface area contributed by atoms with Crippen LogP contribution in [0.1, 0.15) is 18.2 Å². The molecule has 2 aromatic heterocycles. The first kappa shape index (κ1) is 24.9. The number of hydrogen-bond acceptors (Lipinski definition) is 9. The lowest BCUT2D eigenvalue weighted by Crippen LogP contribution is -2.37. The van der Waals surface area contributed by atoms with Crippen LogP contribution in [-0.4, -0.2) is 82.9 Å². The zero-order chi connectivity index (χ0) is 27.1. The number of imide groups is 1. The molecule has 3 amide bonds. The maximum atomic E-state index is 13.0. The van der Waals surface area contributed by atoms with Gasteiger partial charge >= 0.3 is 6.03 Å². The first-order valence-corrected chi connectivity index (χ1v) is 12.6. The van der Waals surface area contributed by atoms with Crippen molar-refractivity contribution in [1.82, 2.24) is 29.3 Å². The van der Waals surface area contributed by atoms with Crippen molar-refractivity contribution < 1.29 is 24.5 Å². The van der Waals surface area contributed by atoms with Gasteiger partial charge in [0, 0.05) is 13.1 Å². The fraction of sp³-hybridized carbons (Fsp3) is 0.296. The number of aliphatic hydroxyl groups excluding tert-OH is 2. The van der Waals surface area contributed by atoms with Crippen molar-refractivity contribution in [2.45, 2.75) is 37.5 Å². The van der Waals surface area contributed by atoms with Gasteiger partial charge in [-0.15, -0.1) is 0 Å². The number of aliphatic hydroxyl groups is 2. The lowest BCUT2D eigenvalue weighted by atomic mass is 10.0. The van der Waals surface area contributed by atoms with E-state index in [0.717, 1.165) is 21.6 Å². The van der Waals surface area contributed by atoms with Gasteiger partial charge in [-0.1, -0.05) is 54.6 Å². The number of carbonyl (C=O) groups is 2. The molecule has 2 aromatic carbocycles. The second kappa shape index (κ2) is 10.1. The van der Waals surface area contributed by atoms with Crippen LogP contribution in [-0.2, 0) is 16.1 Å². The summed E-state index contributed by atoms with van der Waals surface area (Å²) >= 11 is 0. The summed E-state index contributed by atoms with van der Waals surface area (Å²) in [5.41, 5.74) is 9.64. The van der Waals surface area contributed by atoms with E-state index in [2.05, 4.69) is 15.0 Å². The van der Waals surface area contributed by atoms with Crippen molar-refractivity contribution in [3.8, 4) is 11.1 Å². The number of nitrogen functional groups attached to an aromatic ring is 1. The maximum absolute atomic E-state index is 13.0. The van der Waals surface area contributed by atoms with E-state index in [1.54, 1.807) is 0 Å². The number of rotatable bonds is 7. The van der Waals surface area contributed by atoms with Crippen molar-refractivity contribution in [1.29, 1.82) is 0 Å². The summed E-state index contributed by atoms with van der Waals surface area (Å²) in [6, 6.07) is 17.5. The monoisotopic (exact) mass is 529 g/mol. The molecule has 4 N–H and O–H groups in total. The Kier molecular flexibility index (Phi) is 6.43. The predicted octanol–water partition coefficient (Wildman–Crippen LogP) is 1.55. The van der Waals surface area contributed by atoms with Crippen LogP contribution in [0.4, 0.5) is 10.6 Å². The maximum Gasteiger partial charge on any atom is 0.327 e. The van der Waals surface area contributed by atoms with Crippen molar-refractivity contribution in [2.24, 2.45) is 0 Å². The Morgan fingerprint density at radius 1 is 0.949 bits per heavy atom. The van der Waals surface area contributed by atoms with Crippen LogP contribution in [0, 0.1) is 0 Å². The highest BCUT2D eigenvalue weighted by atomic mass is 16.6. The molecule has 4 heterocycles. The second-order valence-electron chi connectivity index (χ2n) is 9.66. The van der Waals surface area contributed by atoms with Gasteiger partial charge in [0.15, 0.2) is 17.7 Å². The summed E-state index contributed by atoms with van der Waals surface area (Å²) in [4.78, 5) is 40.6. The van der Waals surface area contributed by atoms with E-state index in [1.165, 1.54) is 22.1 Å². The van der Waals surface area contributed by atoms with Crippen LogP contribution in [0.3, 0.4) is 0 Å². The molecule has 0 radical (unpaired) electrons. The summed E-state index contributed by atoms with van der Waals surface area (Å²) in [7, 11) is 0. The third-order valence-corrected chi connectivity index (χ3v) is 7.20. The quantitative estimate of drug-likeness (QED) is 0.302. The van der Waals surface area contributed by atoms with Crippen molar-refractivity contribution in [3.63, 3.8) is 0 Å². The van der Waals surface area contributed by atoms with Gasteiger partial charge in [-0.25, -0.2) is 19.7 Å². The number of nitrogens with two attached hydrogens (primary N) is 1. The van der Waals surface area contributed by atoms with Gasteiger partial charge in [-0.2, -0.15) is 0 Å². The molecule has 4 aromatic rings. The van der Waals surface area contributed by atoms with E-state index in [-0.39, 0.29) is 31.2 Å². The molecule has 2 aliphatic heterocycles. The molecule has 2 aliphatic rings. The molecular formula is C27H27N7O5. The zero-order valence-corrected chi connectivity index (χ0v) is 20.9. The molecule has 2 saturated heterocycles. The molecule has 2 fully saturated rings. The molecule has 0 spiro atoms. The Balaban J connectivity index is 1.08. The average Bonchev–Trinajstić information content (AvgIpc) is 3.58. The smallest absolute Gasteiger partial charge is 0.327 e. The van der Waals surface area contributed by atoms with Gasteiger partial charge in [0.05, 0.1) is 12.4 Å². The second-order valence-corrected chi connectivity index (χ2v) is 9.66. The molecule has 39 heavy (non-hydrogen) atoms. The number of nitrogens with zero attached hydrogens (tertiary/aromatic N) is 6. The lowest BCUT2D eigenvalue weighted by molar-refractivity contribution is -0.125. The first-order chi connectivity index (χ1) is 18.9. The number of benzene rings is 2. The number of fused-ring (bicyclic) bond motifs is 1. The number of urea groups is 1. The predicted molar refractivity (Wildman–Crippen MR) is 140 cm³/mol. The van der Waals surface area contributed by atoms with Gasteiger partial charge in [0.2, 0.25) is 5.91 Å².